The monoisotopic (exact) mass is 831 g/mol. The van der Waals surface area contributed by atoms with E-state index >= 15 is 0 Å². The lowest BCUT2D eigenvalue weighted by molar-refractivity contribution is -0.137. The first-order valence-corrected chi connectivity index (χ1v) is 21.3. The Hall–Kier alpha value is -4.65. The lowest BCUT2D eigenvalue weighted by Gasteiger charge is -2.40. The molecule has 3 heterocycles. The molecule has 1 N–H and O–H groups in total. The van der Waals surface area contributed by atoms with Crippen molar-refractivity contribution in [3.8, 4) is 5.75 Å². The number of rotatable bonds is 13. The first-order valence-electron chi connectivity index (χ1n) is 21.0. The van der Waals surface area contributed by atoms with Crippen molar-refractivity contribution in [2.45, 2.75) is 84.6 Å². The Labute approximate surface area is 353 Å². The van der Waals surface area contributed by atoms with E-state index in [1.165, 1.54) is 6.07 Å². The molecule has 3 aromatic rings. The van der Waals surface area contributed by atoms with Gasteiger partial charge in [0.25, 0.3) is 0 Å². The molecule has 11 nitrogen and oxygen atoms in total. The highest BCUT2D eigenvalue weighted by Gasteiger charge is 2.37. The van der Waals surface area contributed by atoms with E-state index in [9.17, 15) is 18.8 Å². The summed E-state index contributed by atoms with van der Waals surface area (Å²) in [6.07, 6.45) is 4.86. The Kier molecular flexibility index (Phi) is 15.3. The molecule has 0 radical (unpaired) electrons. The molecule has 0 unspecified atom stereocenters. The van der Waals surface area contributed by atoms with Gasteiger partial charge < -0.3 is 29.3 Å². The summed E-state index contributed by atoms with van der Waals surface area (Å²) in [5.74, 6) is 0.0313. The number of nitrogens with zero attached hydrogens (tertiary/aromatic N) is 4. The Morgan fingerprint density at radius 3 is 2.37 bits per heavy atom. The Balaban J connectivity index is 1.08. The van der Waals surface area contributed by atoms with Gasteiger partial charge in [0.15, 0.2) is 0 Å². The van der Waals surface area contributed by atoms with Crippen molar-refractivity contribution in [3.05, 3.63) is 106 Å². The average Bonchev–Trinajstić information content (AvgIpc) is 3.23. The van der Waals surface area contributed by atoms with Crippen LogP contribution in [0.3, 0.4) is 0 Å². The van der Waals surface area contributed by atoms with Crippen molar-refractivity contribution in [1.82, 2.24) is 24.9 Å². The molecule has 0 spiro atoms. The molecule has 318 valence electrons. The second-order valence-corrected chi connectivity index (χ2v) is 17.0. The number of piperazine rings is 1. The van der Waals surface area contributed by atoms with E-state index in [0.717, 1.165) is 74.0 Å². The molecule has 59 heavy (non-hydrogen) atoms. The lowest BCUT2D eigenvalue weighted by atomic mass is 9.88. The van der Waals surface area contributed by atoms with Gasteiger partial charge in [-0.05, 0) is 125 Å². The molecule has 1 atom stereocenters. The van der Waals surface area contributed by atoms with Crippen LogP contribution in [-0.2, 0) is 33.8 Å². The molecule has 3 aliphatic rings. The first kappa shape index (κ1) is 43.9. The molecular formula is C46H59ClFN5O6. The summed E-state index contributed by atoms with van der Waals surface area (Å²) in [5.41, 5.74) is 4.10. The van der Waals surface area contributed by atoms with Crippen molar-refractivity contribution in [2.24, 2.45) is 5.92 Å². The van der Waals surface area contributed by atoms with Gasteiger partial charge in [-0.15, -0.1) is 0 Å². The SMILES string of the molecule is CCOc1cccc(F)c1CN1CCN(C(=O)[C@H](NC(=O)OCc2ccccc2)C2CCN(CCc3cc(Cl)ccc3C3=CN(C(=O)OC(C)(C)C)CCC3)CC2)CC1. The predicted molar refractivity (Wildman–Crippen MR) is 227 cm³/mol. The van der Waals surface area contributed by atoms with Gasteiger partial charge in [0.1, 0.15) is 29.8 Å². The number of ether oxygens (including phenoxy) is 3. The summed E-state index contributed by atoms with van der Waals surface area (Å²) in [7, 11) is 0. The van der Waals surface area contributed by atoms with E-state index in [-0.39, 0.29) is 30.3 Å². The van der Waals surface area contributed by atoms with Gasteiger partial charge in [0, 0.05) is 62.6 Å². The van der Waals surface area contributed by atoms with Crippen molar-refractivity contribution >= 4 is 35.3 Å². The largest absolute Gasteiger partial charge is 0.493 e. The normalized spacial score (nSPS) is 17.6. The van der Waals surface area contributed by atoms with E-state index in [1.807, 2.05) is 87.3 Å². The number of amides is 3. The number of likely N-dealkylation sites (tertiary alicyclic amines) is 1. The number of hydrogen-bond donors (Lipinski definition) is 1. The van der Waals surface area contributed by atoms with E-state index in [4.69, 9.17) is 25.8 Å². The van der Waals surface area contributed by atoms with Gasteiger partial charge in [-0.2, -0.15) is 0 Å². The van der Waals surface area contributed by atoms with E-state index < -0.39 is 17.7 Å². The maximum absolute atomic E-state index is 14.8. The van der Waals surface area contributed by atoms with Crippen molar-refractivity contribution in [2.75, 3.05) is 59.0 Å². The summed E-state index contributed by atoms with van der Waals surface area (Å²) in [6.45, 7) is 13.4. The highest BCUT2D eigenvalue weighted by molar-refractivity contribution is 6.30. The minimum Gasteiger partial charge on any atom is -0.493 e. The standard InChI is InChI=1S/C46H59ClFN5O6/c1-5-57-41-15-9-14-40(48)39(41)31-51-25-27-52(28-26-51)43(54)42(49-44(55)58-32-33-11-7-6-8-12-33)34-18-22-50(23-19-34)24-20-35-29-37(47)16-17-38(35)36-13-10-21-53(30-36)45(56)59-46(2,3)4/h6-9,11-12,14-17,29-30,34,42H,5,10,13,18-28,31-32H2,1-4H3,(H,49,55)/t42-/m1/s1. The quantitative estimate of drug-likeness (QED) is 0.184. The third-order valence-electron chi connectivity index (χ3n) is 11.2. The van der Waals surface area contributed by atoms with Crippen LogP contribution in [0.5, 0.6) is 5.75 Å². The van der Waals surface area contributed by atoms with Gasteiger partial charge in [-0.1, -0.05) is 54.1 Å². The van der Waals surface area contributed by atoms with Gasteiger partial charge >= 0.3 is 12.2 Å². The molecule has 3 aliphatic heterocycles. The fourth-order valence-corrected chi connectivity index (χ4v) is 8.29. The molecule has 6 rings (SSSR count). The summed E-state index contributed by atoms with van der Waals surface area (Å²) >= 11 is 6.52. The predicted octanol–water partition coefficient (Wildman–Crippen LogP) is 8.14. The topological polar surface area (TPSA) is 104 Å². The second kappa shape index (κ2) is 20.5. The van der Waals surface area contributed by atoms with Crippen LogP contribution in [0.2, 0.25) is 5.02 Å². The van der Waals surface area contributed by atoms with Crippen LogP contribution in [0, 0.1) is 11.7 Å². The van der Waals surface area contributed by atoms with Crippen LogP contribution in [-0.4, -0.2) is 108 Å². The number of carbonyl (C=O) groups excluding carboxylic acids is 3. The minimum absolute atomic E-state index is 0.0822. The molecule has 0 aliphatic carbocycles. The number of benzene rings is 3. The van der Waals surface area contributed by atoms with Crippen LogP contribution in [0.4, 0.5) is 14.0 Å². The maximum atomic E-state index is 14.8. The average molecular weight is 832 g/mol. The number of allylic oxidation sites excluding steroid dienone is 1. The van der Waals surface area contributed by atoms with Gasteiger partial charge in [-0.25, -0.2) is 14.0 Å². The molecule has 0 saturated carbocycles. The number of hydrogen-bond acceptors (Lipinski definition) is 8. The second-order valence-electron chi connectivity index (χ2n) is 16.6. The summed E-state index contributed by atoms with van der Waals surface area (Å²) < 4.78 is 31.8. The molecular weight excluding hydrogens is 773 g/mol. The number of halogens is 2. The van der Waals surface area contributed by atoms with Crippen molar-refractivity contribution in [3.63, 3.8) is 0 Å². The van der Waals surface area contributed by atoms with Crippen molar-refractivity contribution in [1.29, 1.82) is 0 Å². The highest BCUT2D eigenvalue weighted by atomic mass is 35.5. The smallest absolute Gasteiger partial charge is 0.414 e. The number of nitrogens with one attached hydrogen (secondary N) is 1. The first-order chi connectivity index (χ1) is 28.4. The summed E-state index contributed by atoms with van der Waals surface area (Å²) in [5, 5.41) is 3.64. The molecule has 13 heteroatoms. The molecule has 0 bridgehead atoms. The fraction of sp³-hybridized carbons (Fsp3) is 0.500. The zero-order valence-electron chi connectivity index (χ0n) is 34.9. The third-order valence-corrected chi connectivity index (χ3v) is 11.4. The molecule has 3 amide bonds. The van der Waals surface area contributed by atoms with Gasteiger partial charge in [0.2, 0.25) is 5.91 Å². The van der Waals surface area contributed by atoms with Crippen molar-refractivity contribution < 1.29 is 33.0 Å². The number of alkyl carbamates (subject to hydrolysis) is 1. The lowest BCUT2D eigenvalue weighted by Crippen LogP contribution is -2.58. The summed E-state index contributed by atoms with van der Waals surface area (Å²) in [4.78, 5) is 48.5. The molecule has 0 aromatic heterocycles. The fourth-order valence-electron chi connectivity index (χ4n) is 8.10. The zero-order valence-corrected chi connectivity index (χ0v) is 35.6. The van der Waals surface area contributed by atoms with Gasteiger partial charge in [-0.3, -0.25) is 14.6 Å². The van der Waals surface area contributed by atoms with Crippen LogP contribution < -0.4 is 10.1 Å². The maximum Gasteiger partial charge on any atom is 0.414 e. The van der Waals surface area contributed by atoms with Crippen LogP contribution >= 0.6 is 11.6 Å². The molecule has 2 saturated heterocycles. The van der Waals surface area contributed by atoms with Crippen LogP contribution in [0.1, 0.15) is 75.6 Å². The molecule has 3 aromatic carbocycles. The molecule has 2 fully saturated rings. The minimum atomic E-state index is -0.742. The zero-order chi connectivity index (χ0) is 41.9. The summed E-state index contributed by atoms with van der Waals surface area (Å²) in [6, 6.07) is 19.6. The van der Waals surface area contributed by atoms with Gasteiger partial charge in [0.05, 0.1) is 6.61 Å². The Morgan fingerprint density at radius 1 is 0.915 bits per heavy atom. The third kappa shape index (κ3) is 12.4. The van der Waals surface area contributed by atoms with E-state index in [1.54, 1.807) is 17.0 Å². The highest BCUT2D eigenvalue weighted by Crippen LogP contribution is 2.32. The number of carbonyl (C=O) groups is 3. The van der Waals surface area contributed by atoms with Crippen LogP contribution in [0.15, 0.2) is 72.9 Å². The Bertz CT molecular complexity index is 1920. The Morgan fingerprint density at radius 2 is 1.66 bits per heavy atom. The number of piperidine rings is 1. The van der Waals surface area contributed by atoms with Crippen LogP contribution in [0.25, 0.3) is 5.57 Å². The van der Waals surface area contributed by atoms with E-state index in [0.29, 0.717) is 62.2 Å². The van der Waals surface area contributed by atoms with E-state index in [2.05, 4.69) is 15.1 Å².